The highest BCUT2D eigenvalue weighted by Crippen LogP contribution is 2.36. The van der Waals surface area contributed by atoms with E-state index in [-0.39, 0.29) is 16.3 Å². The van der Waals surface area contributed by atoms with Gasteiger partial charge in [0.05, 0.1) is 16.1 Å². The molecule has 6 nitrogen and oxygen atoms in total. The Balaban J connectivity index is 2.13. The predicted molar refractivity (Wildman–Crippen MR) is 76.0 cm³/mol. The number of allylic oxidation sites excluding steroid dienone is 1. The number of carboxylic acids is 1. The smallest absolute Gasteiger partial charge is 0.337 e. The Morgan fingerprint density at radius 1 is 1.40 bits per heavy atom. The van der Waals surface area contributed by atoms with E-state index in [1.807, 2.05) is 0 Å². The van der Waals surface area contributed by atoms with Gasteiger partial charge in [0.2, 0.25) is 5.88 Å². The topological polar surface area (TPSA) is 103 Å². The molecule has 2 aromatic rings. The van der Waals surface area contributed by atoms with E-state index in [4.69, 9.17) is 5.11 Å². The van der Waals surface area contributed by atoms with Gasteiger partial charge in [0.25, 0.3) is 0 Å². The zero-order valence-corrected chi connectivity index (χ0v) is 10.8. The normalized spacial score (nSPS) is 14.7. The number of carboxylic acid groups (broad SMARTS) is 1. The van der Waals surface area contributed by atoms with E-state index in [0.717, 1.165) is 11.3 Å². The van der Waals surface area contributed by atoms with Crippen LogP contribution in [0, 0.1) is 0 Å². The third-order valence-electron chi connectivity index (χ3n) is 2.85. The van der Waals surface area contributed by atoms with Crippen LogP contribution in [-0.4, -0.2) is 27.4 Å². The molecule has 0 atom stereocenters. The van der Waals surface area contributed by atoms with E-state index in [9.17, 15) is 14.7 Å². The predicted octanol–water partition coefficient (Wildman–Crippen LogP) is 2.10. The summed E-state index contributed by atoms with van der Waals surface area (Å²) in [6.07, 6.45) is 3.11. The third-order valence-corrected chi connectivity index (χ3v) is 3.67. The van der Waals surface area contributed by atoms with E-state index in [0.29, 0.717) is 21.7 Å². The zero-order valence-electron chi connectivity index (χ0n) is 9.95. The van der Waals surface area contributed by atoms with E-state index >= 15 is 0 Å². The molecule has 0 aliphatic carbocycles. The highest BCUT2D eigenvalue weighted by Gasteiger charge is 2.19. The number of nitrogens with zero attached hydrogens (tertiary/aromatic N) is 1. The van der Waals surface area contributed by atoms with Crippen LogP contribution in [0.2, 0.25) is 0 Å². The van der Waals surface area contributed by atoms with Gasteiger partial charge in [-0.05, 0) is 12.1 Å². The number of nitrogens with one attached hydrogen (secondary N) is 1. The lowest BCUT2D eigenvalue weighted by Crippen LogP contribution is -1.96. The Kier molecular flexibility index (Phi) is 2.76. The first-order valence-corrected chi connectivity index (χ1v) is 6.42. The van der Waals surface area contributed by atoms with Crippen molar-refractivity contribution < 1.29 is 15.0 Å². The molecule has 7 heteroatoms. The van der Waals surface area contributed by atoms with E-state index in [2.05, 4.69) is 9.98 Å². The Morgan fingerprint density at radius 2 is 2.20 bits per heavy atom. The standard InChI is InChI=1S/C13H8N2O4S/c16-11-9(20-13(19)15-11)4-6-5-14-10-7(6)2-1-3-8(10)12(17)18/h1-5,16H,(H,15,19)(H,17,18). The van der Waals surface area contributed by atoms with Gasteiger partial charge in [-0.3, -0.25) is 14.8 Å². The summed E-state index contributed by atoms with van der Waals surface area (Å²) in [6.45, 7) is 0. The van der Waals surface area contributed by atoms with Crippen molar-refractivity contribution in [3.05, 3.63) is 43.9 Å². The maximum atomic E-state index is 11.1. The van der Waals surface area contributed by atoms with Crippen LogP contribution < -0.4 is 4.87 Å². The maximum absolute atomic E-state index is 11.1. The molecular formula is C13H8N2O4S. The molecule has 0 saturated heterocycles. The number of fused-ring (bicyclic) bond motifs is 1. The Bertz CT molecular complexity index is 829. The number of rotatable bonds is 2. The van der Waals surface area contributed by atoms with Gasteiger partial charge in [-0.2, -0.15) is 0 Å². The molecule has 1 aromatic carbocycles. The largest absolute Gasteiger partial charge is 0.493 e. The molecule has 1 aliphatic heterocycles. The third kappa shape index (κ3) is 1.94. The molecule has 0 fully saturated rings. The molecule has 0 unspecified atom stereocenters. The van der Waals surface area contributed by atoms with Gasteiger partial charge in [0, 0.05) is 17.4 Å². The Hall–Kier alpha value is -2.67. The molecule has 20 heavy (non-hydrogen) atoms. The number of aromatic carboxylic acids is 1. The number of aliphatic imine (C=N–C) groups is 1. The fraction of sp³-hybridized carbons (Fsp3) is 0. The number of aromatic nitrogens is 1. The second-order valence-corrected chi connectivity index (χ2v) is 5.11. The molecule has 100 valence electrons. The Labute approximate surface area is 116 Å². The van der Waals surface area contributed by atoms with Crippen LogP contribution in [0.3, 0.4) is 0 Å². The van der Waals surface area contributed by atoms with Gasteiger partial charge >= 0.3 is 10.8 Å². The molecule has 0 spiro atoms. The zero-order chi connectivity index (χ0) is 14.3. The van der Waals surface area contributed by atoms with Crippen molar-refractivity contribution in [3.8, 4) is 5.88 Å². The number of aromatic amines is 1. The van der Waals surface area contributed by atoms with Crippen molar-refractivity contribution in [1.29, 1.82) is 0 Å². The summed E-state index contributed by atoms with van der Waals surface area (Å²) in [6, 6.07) is 4.85. The summed E-state index contributed by atoms with van der Waals surface area (Å²) in [4.78, 5) is 28.6. The van der Waals surface area contributed by atoms with Crippen molar-refractivity contribution in [2.24, 2.45) is 4.99 Å². The lowest BCUT2D eigenvalue weighted by Gasteiger charge is -2.02. The quantitative estimate of drug-likeness (QED) is 0.787. The van der Waals surface area contributed by atoms with E-state index < -0.39 is 5.97 Å². The van der Waals surface area contributed by atoms with Crippen molar-refractivity contribution in [1.82, 2.24) is 4.98 Å². The number of hydrogen-bond donors (Lipinski definition) is 3. The van der Waals surface area contributed by atoms with Crippen LogP contribution in [-0.2, 0) is 0 Å². The molecule has 1 aromatic heterocycles. The molecule has 3 rings (SSSR count). The molecule has 2 heterocycles. The SMILES string of the molecule is O=C(O)c1cccc2c1N=CC2=Cc1sc(=O)[nH]c1O. The molecular weight excluding hydrogens is 280 g/mol. The van der Waals surface area contributed by atoms with Gasteiger partial charge in [-0.1, -0.05) is 23.5 Å². The number of hydrogen-bond acceptors (Lipinski definition) is 5. The minimum absolute atomic E-state index is 0.119. The summed E-state index contributed by atoms with van der Waals surface area (Å²) < 4.78 is 0. The van der Waals surface area contributed by atoms with Crippen LogP contribution >= 0.6 is 11.3 Å². The summed E-state index contributed by atoms with van der Waals surface area (Å²) in [7, 11) is 0. The van der Waals surface area contributed by atoms with Gasteiger partial charge in [0.15, 0.2) is 0 Å². The van der Waals surface area contributed by atoms with Gasteiger partial charge < -0.3 is 10.2 Å². The maximum Gasteiger partial charge on any atom is 0.337 e. The minimum Gasteiger partial charge on any atom is -0.493 e. The van der Waals surface area contributed by atoms with E-state index in [1.54, 1.807) is 18.2 Å². The number of carbonyl (C=O) groups is 1. The fourth-order valence-electron chi connectivity index (χ4n) is 1.98. The first-order valence-electron chi connectivity index (χ1n) is 5.61. The molecule has 0 amide bonds. The van der Waals surface area contributed by atoms with Gasteiger partial charge in [-0.25, -0.2) is 4.79 Å². The van der Waals surface area contributed by atoms with Crippen LogP contribution in [0.15, 0.2) is 28.0 Å². The molecule has 0 bridgehead atoms. The molecule has 0 saturated carbocycles. The number of H-pyrrole nitrogens is 1. The highest BCUT2D eigenvalue weighted by molar-refractivity contribution is 7.10. The van der Waals surface area contributed by atoms with Crippen molar-refractivity contribution in [3.63, 3.8) is 0 Å². The lowest BCUT2D eigenvalue weighted by molar-refractivity contribution is 0.0698. The lowest BCUT2D eigenvalue weighted by atomic mass is 10.0. The molecule has 0 radical (unpaired) electrons. The Morgan fingerprint density at radius 3 is 2.85 bits per heavy atom. The minimum atomic E-state index is -1.05. The summed E-state index contributed by atoms with van der Waals surface area (Å²) >= 11 is 0.871. The first-order chi connectivity index (χ1) is 9.56. The molecule has 3 N–H and O–H groups in total. The highest BCUT2D eigenvalue weighted by atomic mass is 32.1. The second kappa shape index (κ2) is 4.46. The van der Waals surface area contributed by atoms with Crippen molar-refractivity contribution in [2.45, 2.75) is 0 Å². The van der Waals surface area contributed by atoms with Crippen LogP contribution in [0.1, 0.15) is 20.8 Å². The number of benzene rings is 1. The monoisotopic (exact) mass is 288 g/mol. The van der Waals surface area contributed by atoms with Crippen LogP contribution in [0.25, 0.3) is 11.6 Å². The summed E-state index contributed by atoms with van der Waals surface area (Å²) in [5.41, 5.74) is 1.81. The number of para-hydroxylation sites is 1. The van der Waals surface area contributed by atoms with Gasteiger partial charge in [0.1, 0.15) is 0 Å². The van der Waals surface area contributed by atoms with Crippen molar-refractivity contribution >= 4 is 40.9 Å². The van der Waals surface area contributed by atoms with Crippen molar-refractivity contribution in [2.75, 3.05) is 0 Å². The number of aromatic hydroxyl groups is 1. The summed E-state index contributed by atoms with van der Waals surface area (Å²) in [5, 5.41) is 18.6. The average Bonchev–Trinajstić information content (AvgIpc) is 2.94. The number of thiazole rings is 1. The van der Waals surface area contributed by atoms with Crippen LogP contribution in [0.4, 0.5) is 5.69 Å². The average molecular weight is 288 g/mol. The first kappa shape index (κ1) is 12.4. The molecule has 1 aliphatic rings. The second-order valence-electron chi connectivity index (χ2n) is 4.09. The van der Waals surface area contributed by atoms with E-state index in [1.165, 1.54) is 12.3 Å². The van der Waals surface area contributed by atoms with Crippen LogP contribution in [0.5, 0.6) is 5.88 Å². The summed E-state index contributed by atoms with van der Waals surface area (Å²) in [5.74, 6) is -1.25. The van der Waals surface area contributed by atoms with Gasteiger partial charge in [-0.15, -0.1) is 0 Å². The fourth-order valence-corrected chi connectivity index (χ4v) is 2.66.